The molecular weight excluding hydrogens is 290 g/mol. The van der Waals surface area contributed by atoms with Crippen LogP contribution in [0.3, 0.4) is 0 Å². The van der Waals surface area contributed by atoms with Gasteiger partial charge in [0.2, 0.25) is 5.91 Å². The molecule has 116 valence electrons. The summed E-state index contributed by atoms with van der Waals surface area (Å²) in [5.74, 6) is -0.204. The zero-order valence-corrected chi connectivity index (χ0v) is 12.8. The second-order valence-electron chi connectivity index (χ2n) is 5.44. The van der Waals surface area contributed by atoms with Gasteiger partial charge in [0.15, 0.2) is 0 Å². The minimum absolute atomic E-state index is 0.0202. The van der Waals surface area contributed by atoms with Crippen molar-refractivity contribution in [3.63, 3.8) is 0 Å². The van der Waals surface area contributed by atoms with Gasteiger partial charge in [-0.3, -0.25) is 14.2 Å². The van der Waals surface area contributed by atoms with Gasteiger partial charge in [-0.15, -0.1) is 0 Å². The van der Waals surface area contributed by atoms with Gasteiger partial charge < -0.3 is 5.32 Å². The number of aromatic nitrogens is 2. The first kappa shape index (κ1) is 15.0. The first-order valence-corrected chi connectivity index (χ1v) is 7.40. The van der Waals surface area contributed by atoms with Crippen molar-refractivity contribution < 1.29 is 4.79 Å². The number of nitrogens with zero attached hydrogens (tertiary/aromatic N) is 2. The second kappa shape index (κ2) is 6.44. The van der Waals surface area contributed by atoms with E-state index in [1.54, 1.807) is 6.07 Å². The molecule has 5 nitrogen and oxygen atoms in total. The fraction of sp³-hybridized carbons (Fsp3) is 0.167. The van der Waals surface area contributed by atoms with Crippen molar-refractivity contribution in [3.8, 4) is 0 Å². The van der Waals surface area contributed by atoms with Gasteiger partial charge in [0.05, 0.1) is 17.2 Å². The molecule has 1 amide bonds. The lowest BCUT2D eigenvalue weighted by Gasteiger charge is -2.10. The second-order valence-corrected chi connectivity index (χ2v) is 5.44. The maximum absolute atomic E-state index is 12.2. The van der Waals surface area contributed by atoms with Gasteiger partial charge in [0, 0.05) is 6.54 Å². The number of carbonyl (C=O) groups is 1. The molecule has 3 aromatic rings. The van der Waals surface area contributed by atoms with Crippen molar-refractivity contribution in [3.05, 3.63) is 76.2 Å². The molecule has 0 aliphatic carbocycles. The van der Waals surface area contributed by atoms with Crippen molar-refractivity contribution in [2.75, 3.05) is 0 Å². The van der Waals surface area contributed by atoms with Crippen LogP contribution in [0.1, 0.15) is 11.1 Å². The highest BCUT2D eigenvalue weighted by molar-refractivity contribution is 5.79. The summed E-state index contributed by atoms with van der Waals surface area (Å²) in [6.45, 7) is 2.43. The van der Waals surface area contributed by atoms with E-state index in [4.69, 9.17) is 0 Å². The van der Waals surface area contributed by atoms with Crippen molar-refractivity contribution in [2.24, 2.45) is 0 Å². The molecule has 1 aromatic heterocycles. The molecule has 0 spiro atoms. The largest absolute Gasteiger partial charge is 0.350 e. The van der Waals surface area contributed by atoms with E-state index in [0.717, 1.165) is 11.1 Å². The SMILES string of the molecule is Cc1cccc(CNC(=O)Cn2c(=O)cnc3ccccc32)c1. The molecule has 0 saturated heterocycles. The molecule has 0 unspecified atom stereocenters. The smallest absolute Gasteiger partial charge is 0.269 e. The maximum atomic E-state index is 12.2. The molecule has 0 bridgehead atoms. The van der Waals surface area contributed by atoms with E-state index in [0.29, 0.717) is 17.6 Å². The third-order valence-electron chi connectivity index (χ3n) is 3.63. The molecule has 0 aliphatic rings. The minimum atomic E-state index is -0.283. The quantitative estimate of drug-likeness (QED) is 0.802. The Morgan fingerprint density at radius 2 is 2.00 bits per heavy atom. The molecule has 1 heterocycles. The van der Waals surface area contributed by atoms with Gasteiger partial charge in [-0.25, -0.2) is 4.98 Å². The lowest BCUT2D eigenvalue weighted by Crippen LogP contribution is -2.32. The first-order chi connectivity index (χ1) is 11.1. The van der Waals surface area contributed by atoms with Gasteiger partial charge in [0.25, 0.3) is 5.56 Å². The zero-order valence-electron chi connectivity index (χ0n) is 12.8. The highest BCUT2D eigenvalue weighted by Crippen LogP contribution is 2.08. The lowest BCUT2D eigenvalue weighted by atomic mass is 10.1. The predicted molar refractivity (Wildman–Crippen MR) is 89.0 cm³/mol. The average molecular weight is 307 g/mol. The van der Waals surface area contributed by atoms with E-state index in [9.17, 15) is 9.59 Å². The Kier molecular flexibility index (Phi) is 4.19. The Hall–Kier alpha value is -2.95. The van der Waals surface area contributed by atoms with E-state index in [2.05, 4.69) is 10.3 Å². The number of hydrogen-bond donors (Lipinski definition) is 1. The van der Waals surface area contributed by atoms with E-state index in [1.807, 2.05) is 49.4 Å². The molecule has 0 atom stereocenters. The van der Waals surface area contributed by atoms with Crippen LogP contribution < -0.4 is 10.9 Å². The molecule has 3 rings (SSSR count). The highest BCUT2D eigenvalue weighted by Gasteiger charge is 2.08. The summed E-state index contributed by atoms with van der Waals surface area (Å²) in [5, 5.41) is 2.85. The molecule has 0 radical (unpaired) electrons. The number of amides is 1. The number of benzene rings is 2. The molecular formula is C18H17N3O2. The summed E-state index contributed by atoms with van der Waals surface area (Å²) >= 11 is 0. The number of hydrogen-bond acceptors (Lipinski definition) is 3. The molecule has 5 heteroatoms. The van der Waals surface area contributed by atoms with Crippen LogP contribution in [-0.4, -0.2) is 15.5 Å². The summed E-state index contributed by atoms with van der Waals surface area (Å²) in [6.07, 6.45) is 1.25. The topological polar surface area (TPSA) is 64.0 Å². The summed E-state index contributed by atoms with van der Waals surface area (Å²) < 4.78 is 1.44. The standard InChI is InChI=1S/C18H17N3O2/c1-13-5-4-6-14(9-13)10-20-17(22)12-21-16-8-3-2-7-15(16)19-11-18(21)23/h2-9,11H,10,12H2,1H3,(H,20,22). The van der Waals surface area contributed by atoms with Crippen LogP contribution in [-0.2, 0) is 17.9 Å². The molecule has 2 aromatic carbocycles. The van der Waals surface area contributed by atoms with Crippen LogP contribution in [0.25, 0.3) is 11.0 Å². The highest BCUT2D eigenvalue weighted by atomic mass is 16.2. The summed E-state index contributed by atoms with van der Waals surface area (Å²) in [5.41, 5.74) is 3.25. The number of rotatable bonds is 4. The fourth-order valence-electron chi connectivity index (χ4n) is 2.50. The fourth-order valence-corrected chi connectivity index (χ4v) is 2.50. The van der Waals surface area contributed by atoms with Crippen LogP contribution in [0, 0.1) is 6.92 Å². The monoisotopic (exact) mass is 307 g/mol. The Morgan fingerprint density at radius 1 is 1.17 bits per heavy atom. The van der Waals surface area contributed by atoms with Crippen molar-refractivity contribution in [2.45, 2.75) is 20.0 Å². The van der Waals surface area contributed by atoms with Crippen molar-refractivity contribution in [1.82, 2.24) is 14.9 Å². The molecule has 23 heavy (non-hydrogen) atoms. The number of nitrogens with one attached hydrogen (secondary N) is 1. The van der Waals surface area contributed by atoms with Crippen LogP contribution in [0.4, 0.5) is 0 Å². The third kappa shape index (κ3) is 3.45. The minimum Gasteiger partial charge on any atom is -0.350 e. The summed E-state index contributed by atoms with van der Waals surface area (Å²) in [6, 6.07) is 15.2. The normalized spacial score (nSPS) is 10.7. The van der Waals surface area contributed by atoms with E-state index in [1.165, 1.54) is 10.8 Å². The molecule has 0 saturated carbocycles. The van der Waals surface area contributed by atoms with E-state index < -0.39 is 0 Å². The molecule has 0 fully saturated rings. The first-order valence-electron chi connectivity index (χ1n) is 7.40. The predicted octanol–water partition coefficient (Wildman–Crippen LogP) is 2.02. The van der Waals surface area contributed by atoms with Crippen LogP contribution in [0.2, 0.25) is 0 Å². The molecule has 0 aliphatic heterocycles. The maximum Gasteiger partial charge on any atom is 0.269 e. The van der Waals surface area contributed by atoms with Crippen molar-refractivity contribution >= 4 is 16.9 Å². The Morgan fingerprint density at radius 3 is 2.83 bits per heavy atom. The van der Waals surface area contributed by atoms with Crippen molar-refractivity contribution in [1.29, 1.82) is 0 Å². The van der Waals surface area contributed by atoms with Gasteiger partial charge in [-0.1, -0.05) is 42.0 Å². The van der Waals surface area contributed by atoms with E-state index >= 15 is 0 Å². The van der Waals surface area contributed by atoms with Gasteiger partial charge >= 0.3 is 0 Å². The number of aryl methyl sites for hydroxylation is 1. The lowest BCUT2D eigenvalue weighted by molar-refractivity contribution is -0.121. The van der Waals surface area contributed by atoms with Gasteiger partial charge in [-0.2, -0.15) is 0 Å². The van der Waals surface area contributed by atoms with Crippen LogP contribution in [0.5, 0.6) is 0 Å². The Bertz CT molecular complexity index is 915. The number of carbonyl (C=O) groups excluding carboxylic acids is 1. The van der Waals surface area contributed by atoms with Crippen LogP contribution in [0.15, 0.2) is 59.5 Å². The summed E-state index contributed by atoms with van der Waals surface area (Å²) in [4.78, 5) is 28.3. The third-order valence-corrected chi connectivity index (χ3v) is 3.63. The van der Waals surface area contributed by atoms with Gasteiger partial charge in [-0.05, 0) is 24.6 Å². The van der Waals surface area contributed by atoms with E-state index in [-0.39, 0.29) is 18.0 Å². The number of fused-ring (bicyclic) bond motifs is 1. The number of para-hydroxylation sites is 2. The molecule has 1 N–H and O–H groups in total. The summed E-state index contributed by atoms with van der Waals surface area (Å²) in [7, 11) is 0. The zero-order chi connectivity index (χ0) is 16.2. The van der Waals surface area contributed by atoms with Crippen LogP contribution >= 0.6 is 0 Å². The Balaban J connectivity index is 1.76. The Labute approximate surface area is 133 Å². The average Bonchev–Trinajstić information content (AvgIpc) is 2.56. The van der Waals surface area contributed by atoms with Gasteiger partial charge in [0.1, 0.15) is 6.54 Å².